The Labute approximate surface area is 432 Å². The van der Waals surface area contributed by atoms with E-state index in [1.807, 2.05) is 0 Å². The van der Waals surface area contributed by atoms with Gasteiger partial charge in [-0.3, -0.25) is 9.59 Å². The van der Waals surface area contributed by atoms with E-state index in [2.05, 4.69) is 19.2 Å². The van der Waals surface area contributed by atoms with E-state index in [1.165, 1.54) is 283 Å². The van der Waals surface area contributed by atoms with E-state index >= 15 is 0 Å². The molecule has 0 heterocycles. The molecule has 1 amide bonds. The normalized spacial score (nSPS) is 12.5. The monoisotopic (exact) mass is 976 g/mol. The Bertz CT molecular complexity index is 990. The first-order chi connectivity index (χ1) is 34.0. The van der Waals surface area contributed by atoms with Crippen LogP contribution in [0, 0.1) is 0 Å². The van der Waals surface area contributed by atoms with E-state index in [0.29, 0.717) is 25.9 Å². The molecule has 0 aliphatic heterocycles. The summed E-state index contributed by atoms with van der Waals surface area (Å²) in [7, 11) is 0. The average molecular weight is 977 g/mol. The molecule has 0 fully saturated rings. The van der Waals surface area contributed by atoms with Crippen molar-refractivity contribution in [1.82, 2.24) is 5.32 Å². The fraction of sp³-hybridized carbons (Fsp3) is 0.968. The number of aliphatic hydroxyl groups is 2. The van der Waals surface area contributed by atoms with E-state index in [1.54, 1.807) is 0 Å². The van der Waals surface area contributed by atoms with Crippen LogP contribution in [0.15, 0.2) is 0 Å². The average Bonchev–Trinajstić information content (AvgIpc) is 3.35. The van der Waals surface area contributed by atoms with Gasteiger partial charge in [0, 0.05) is 12.8 Å². The third-order valence-electron chi connectivity index (χ3n) is 15.2. The van der Waals surface area contributed by atoms with Crippen LogP contribution < -0.4 is 5.32 Å². The Morgan fingerprint density at radius 1 is 0.348 bits per heavy atom. The maximum absolute atomic E-state index is 12.5. The van der Waals surface area contributed by atoms with Gasteiger partial charge in [-0.25, -0.2) is 0 Å². The Hall–Kier alpha value is -1.14. The molecular weight excluding hydrogens is 851 g/mol. The number of ether oxygens (including phenoxy) is 1. The molecule has 69 heavy (non-hydrogen) atoms. The third kappa shape index (κ3) is 56.0. The molecule has 0 rings (SSSR count). The molecule has 412 valence electrons. The summed E-state index contributed by atoms with van der Waals surface area (Å²) in [5.74, 6) is -0.0423. The molecule has 0 spiro atoms. The Balaban J connectivity index is 3.41. The smallest absolute Gasteiger partial charge is 0.305 e. The quantitative estimate of drug-likeness (QED) is 0.0417. The first-order valence-corrected chi connectivity index (χ1v) is 31.8. The maximum atomic E-state index is 12.5. The zero-order valence-corrected chi connectivity index (χ0v) is 47.1. The molecule has 0 aromatic rings. The number of hydrogen-bond acceptors (Lipinski definition) is 5. The minimum absolute atomic E-state index is 0.000231. The fourth-order valence-corrected chi connectivity index (χ4v) is 10.3. The minimum atomic E-state index is -0.673. The molecule has 6 heteroatoms. The molecular formula is C63H125NO5. The lowest BCUT2D eigenvalue weighted by atomic mass is 10.0. The molecule has 0 radical (unpaired) electrons. The summed E-state index contributed by atoms with van der Waals surface area (Å²) in [6, 6.07) is -0.551. The molecule has 0 saturated heterocycles. The van der Waals surface area contributed by atoms with Crippen molar-refractivity contribution in [3.63, 3.8) is 0 Å². The number of unbranched alkanes of at least 4 members (excludes halogenated alkanes) is 49. The van der Waals surface area contributed by atoms with Crippen molar-refractivity contribution in [3.8, 4) is 0 Å². The second-order valence-electron chi connectivity index (χ2n) is 22.1. The molecule has 0 aliphatic rings. The second kappa shape index (κ2) is 59.4. The van der Waals surface area contributed by atoms with Crippen molar-refractivity contribution in [1.29, 1.82) is 0 Å². The van der Waals surface area contributed by atoms with Crippen molar-refractivity contribution in [2.75, 3.05) is 13.2 Å². The number of nitrogens with one attached hydrogen (secondary N) is 1. The summed E-state index contributed by atoms with van der Waals surface area (Å²) in [4.78, 5) is 24.6. The van der Waals surface area contributed by atoms with Crippen LogP contribution in [0.2, 0.25) is 0 Å². The number of esters is 1. The van der Waals surface area contributed by atoms with Crippen LogP contribution in [0.4, 0.5) is 0 Å². The van der Waals surface area contributed by atoms with Crippen LogP contribution in [0.25, 0.3) is 0 Å². The number of rotatable bonds is 60. The van der Waals surface area contributed by atoms with Gasteiger partial charge in [-0.2, -0.15) is 0 Å². The van der Waals surface area contributed by atoms with Crippen molar-refractivity contribution >= 4 is 11.9 Å². The summed E-state index contributed by atoms with van der Waals surface area (Å²) in [6.45, 7) is 4.97. The Morgan fingerprint density at radius 2 is 0.594 bits per heavy atom. The number of carbonyl (C=O) groups is 2. The standard InChI is InChI=1S/C63H125NO5/c1-3-5-7-9-11-13-15-17-19-21-22-23-24-25-27-28-31-35-39-43-47-51-55-61(66)60(59-65)64-62(67)56-52-48-44-40-36-32-30-34-38-42-46-50-54-58-69-63(68)57-53-49-45-41-37-33-29-26-20-18-16-14-12-10-8-6-4-2/h60-61,65-66H,3-59H2,1-2H3,(H,64,67). The molecule has 0 aromatic heterocycles. The third-order valence-corrected chi connectivity index (χ3v) is 15.2. The van der Waals surface area contributed by atoms with E-state index in [-0.39, 0.29) is 18.5 Å². The Morgan fingerprint density at radius 3 is 0.884 bits per heavy atom. The van der Waals surface area contributed by atoms with Crippen LogP contribution in [-0.2, 0) is 14.3 Å². The van der Waals surface area contributed by atoms with Crippen LogP contribution in [-0.4, -0.2) is 47.4 Å². The van der Waals surface area contributed by atoms with Gasteiger partial charge in [-0.05, 0) is 25.7 Å². The summed E-state index contributed by atoms with van der Waals surface area (Å²) in [5.41, 5.74) is 0. The molecule has 0 aromatic carbocycles. The zero-order chi connectivity index (χ0) is 50.0. The van der Waals surface area contributed by atoms with E-state index < -0.39 is 12.1 Å². The van der Waals surface area contributed by atoms with Crippen LogP contribution in [0.1, 0.15) is 367 Å². The highest BCUT2D eigenvalue weighted by atomic mass is 16.5. The van der Waals surface area contributed by atoms with Gasteiger partial charge < -0.3 is 20.3 Å². The lowest BCUT2D eigenvalue weighted by Crippen LogP contribution is -2.45. The van der Waals surface area contributed by atoms with Gasteiger partial charge in [0.2, 0.25) is 5.91 Å². The van der Waals surface area contributed by atoms with Gasteiger partial charge >= 0.3 is 5.97 Å². The lowest BCUT2D eigenvalue weighted by molar-refractivity contribution is -0.143. The van der Waals surface area contributed by atoms with Crippen molar-refractivity contribution in [2.45, 2.75) is 379 Å². The number of hydrogen-bond donors (Lipinski definition) is 3. The fourth-order valence-electron chi connectivity index (χ4n) is 10.3. The molecule has 0 aliphatic carbocycles. The topological polar surface area (TPSA) is 95.9 Å². The predicted molar refractivity (Wildman–Crippen MR) is 301 cm³/mol. The molecule has 0 bridgehead atoms. The van der Waals surface area contributed by atoms with Gasteiger partial charge in [-0.1, -0.05) is 328 Å². The second-order valence-corrected chi connectivity index (χ2v) is 22.1. The highest BCUT2D eigenvalue weighted by Gasteiger charge is 2.20. The van der Waals surface area contributed by atoms with E-state index in [0.717, 1.165) is 51.4 Å². The first kappa shape index (κ1) is 67.9. The van der Waals surface area contributed by atoms with Crippen LogP contribution in [0.3, 0.4) is 0 Å². The van der Waals surface area contributed by atoms with Gasteiger partial charge in [-0.15, -0.1) is 0 Å². The Kier molecular flexibility index (Phi) is 58.4. The molecule has 2 atom stereocenters. The SMILES string of the molecule is CCCCCCCCCCCCCCCCCCCCCCCCC(O)C(CO)NC(=O)CCCCCCCCCCCCCCCOC(=O)CCCCCCCCCCCCCCCCCCC. The van der Waals surface area contributed by atoms with Crippen molar-refractivity contribution in [3.05, 3.63) is 0 Å². The van der Waals surface area contributed by atoms with Gasteiger partial charge in [0.15, 0.2) is 0 Å². The molecule has 3 N–H and O–H groups in total. The van der Waals surface area contributed by atoms with E-state index in [4.69, 9.17) is 4.74 Å². The highest BCUT2D eigenvalue weighted by Crippen LogP contribution is 2.19. The summed E-state index contributed by atoms with van der Waals surface area (Å²) in [5, 5.41) is 23.4. The van der Waals surface area contributed by atoms with Crippen LogP contribution in [0.5, 0.6) is 0 Å². The number of amides is 1. The summed E-state index contributed by atoms with van der Waals surface area (Å²) < 4.78 is 5.49. The van der Waals surface area contributed by atoms with Gasteiger partial charge in [0.25, 0.3) is 0 Å². The zero-order valence-electron chi connectivity index (χ0n) is 47.1. The molecule has 6 nitrogen and oxygen atoms in total. The van der Waals surface area contributed by atoms with Gasteiger partial charge in [0.05, 0.1) is 25.4 Å². The number of aliphatic hydroxyl groups excluding tert-OH is 2. The highest BCUT2D eigenvalue weighted by molar-refractivity contribution is 5.76. The van der Waals surface area contributed by atoms with E-state index in [9.17, 15) is 19.8 Å². The first-order valence-electron chi connectivity index (χ1n) is 31.8. The minimum Gasteiger partial charge on any atom is -0.466 e. The number of carbonyl (C=O) groups excluding carboxylic acids is 2. The molecule has 0 saturated carbocycles. The summed E-state index contributed by atoms with van der Waals surface area (Å²) in [6.07, 6.45) is 69.6. The predicted octanol–water partition coefficient (Wildman–Crippen LogP) is 19.9. The van der Waals surface area contributed by atoms with Gasteiger partial charge in [0.1, 0.15) is 0 Å². The van der Waals surface area contributed by atoms with Crippen LogP contribution >= 0.6 is 0 Å². The van der Waals surface area contributed by atoms with Crippen molar-refractivity contribution < 1.29 is 24.5 Å². The summed E-state index contributed by atoms with van der Waals surface area (Å²) >= 11 is 0. The maximum Gasteiger partial charge on any atom is 0.305 e. The van der Waals surface area contributed by atoms with Crippen molar-refractivity contribution in [2.24, 2.45) is 0 Å². The molecule has 2 unspecified atom stereocenters. The lowest BCUT2D eigenvalue weighted by Gasteiger charge is -2.22. The largest absolute Gasteiger partial charge is 0.466 e.